The highest BCUT2D eigenvalue weighted by Crippen LogP contribution is 2.31. The minimum atomic E-state index is -0.392. The summed E-state index contributed by atoms with van der Waals surface area (Å²) in [6, 6.07) is 10.1. The lowest BCUT2D eigenvalue weighted by atomic mass is 9.74. The van der Waals surface area contributed by atoms with Gasteiger partial charge in [0.15, 0.2) is 0 Å². The number of halogens is 1. The van der Waals surface area contributed by atoms with Crippen molar-refractivity contribution in [2.24, 2.45) is 11.7 Å². The minimum Gasteiger partial charge on any atom is -0.352 e. The summed E-state index contributed by atoms with van der Waals surface area (Å²) in [5.41, 5.74) is 8.24. The average molecular weight is 363 g/mol. The van der Waals surface area contributed by atoms with Crippen LogP contribution in [0.4, 0.5) is 0 Å². The Balaban J connectivity index is 0.00000225. The van der Waals surface area contributed by atoms with E-state index in [2.05, 4.69) is 22.5 Å². The van der Waals surface area contributed by atoms with E-state index in [0.717, 1.165) is 31.2 Å². The molecule has 1 aromatic heterocycles. The third-order valence-electron chi connectivity index (χ3n) is 5.03. The second-order valence-electron chi connectivity index (χ2n) is 6.99. The largest absolute Gasteiger partial charge is 0.352 e. The van der Waals surface area contributed by atoms with E-state index in [0.29, 0.717) is 13.1 Å². The van der Waals surface area contributed by atoms with Crippen LogP contribution in [0.2, 0.25) is 0 Å². The molecule has 1 aromatic carbocycles. The number of rotatable bonds is 5. The highest BCUT2D eigenvalue weighted by atomic mass is 35.5. The van der Waals surface area contributed by atoms with E-state index < -0.39 is 5.54 Å². The molecule has 1 fully saturated rings. The smallest absolute Gasteiger partial charge is 0.225 e. The zero-order valence-electron chi connectivity index (χ0n) is 14.6. The van der Waals surface area contributed by atoms with Gasteiger partial charge in [-0.05, 0) is 37.0 Å². The number of hydrogen-bond acceptors (Lipinski definition) is 3. The molecule has 3 rings (SSSR count). The molecule has 2 unspecified atom stereocenters. The Morgan fingerprint density at radius 2 is 2.08 bits per heavy atom. The molecule has 25 heavy (non-hydrogen) atoms. The van der Waals surface area contributed by atoms with Crippen molar-refractivity contribution in [3.63, 3.8) is 0 Å². The van der Waals surface area contributed by atoms with Crippen molar-refractivity contribution in [3.8, 4) is 0 Å². The van der Waals surface area contributed by atoms with Gasteiger partial charge >= 0.3 is 0 Å². The van der Waals surface area contributed by atoms with E-state index in [-0.39, 0.29) is 24.2 Å². The van der Waals surface area contributed by atoms with E-state index in [1.54, 1.807) is 6.20 Å². The van der Waals surface area contributed by atoms with Crippen LogP contribution >= 0.6 is 12.4 Å². The topological polar surface area (TPSA) is 72.9 Å². The summed E-state index contributed by atoms with van der Waals surface area (Å²) in [7, 11) is 0. The quantitative estimate of drug-likeness (QED) is 0.858. The first kappa shape index (κ1) is 19.5. The van der Waals surface area contributed by atoms with Crippen molar-refractivity contribution in [2.45, 2.75) is 51.2 Å². The van der Waals surface area contributed by atoms with E-state index in [1.807, 2.05) is 36.0 Å². The van der Waals surface area contributed by atoms with Gasteiger partial charge in [0.25, 0.3) is 0 Å². The van der Waals surface area contributed by atoms with E-state index in [1.165, 1.54) is 5.56 Å². The minimum absolute atomic E-state index is 0. The summed E-state index contributed by atoms with van der Waals surface area (Å²) in [6.07, 6.45) is 7.71. The van der Waals surface area contributed by atoms with E-state index in [9.17, 15) is 4.79 Å². The molecule has 3 N–H and O–H groups in total. The molecule has 1 amide bonds. The molecule has 1 aliphatic rings. The Kier molecular flexibility index (Phi) is 6.62. The predicted octanol–water partition coefficient (Wildman–Crippen LogP) is 2.88. The van der Waals surface area contributed by atoms with Crippen molar-refractivity contribution in [1.29, 1.82) is 0 Å². The molecule has 2 aromatic rings. The second-order valence-corrected chi connectivity index (χ2v) is 6.99. The Labute approximate surface area is 155 Å². The number of hydrogen-bond donors (Lipinski definition) is 2. The van der Waals surface area contributed by atoms with Crippen LogP contribution in [-0.2, 0) is 17.9 Å². The molecule has 0 bridgehead atoms. The van der Waals surface area contributed by atoms with Gasteiger partial charge in [-0.15, -0.1) is 12.4 Å². The molecule has 136 valence electrons. The van der Waals surface area contributed by atoms with Gasteiger partial charge in [0, 0.05) is 24.5 Å². The lowest BCUT2D eigenvalue weighted by Gasteiger charge is -2.37. The fraction of sp³-hybridized carbons (Fsp3) is 0.474. The summed E-state index contributed by atoms with van der Waals surface area (Å²) in [5, 5.41) is 7.35. The zero-order chi connectivity index (χ0) is 17.0. The number of nitrogens with one attached hydrogen (secondary N) is 1. The summed E-state index contributed by atoms with van der Waals surface area (Å²) < 4.78 is 1.89. The normalized spacial score (nSPS) is 22.9. The molecule has 0 spiro atoms. The number of amides is 1. The molecular weight excluding hydrogens is 336 g/mol. The fourth-order valence-electron chi connectivity index (χ4n) is 3.55. The van der Waals surface area contributed by atoms with Crippen molar-refractivity contribution in [2.75, 3.05) is 0 Å². The zero-order valence-corrected chi connectivity index (χ0v) is 15.5. The van der Waals surface area contributed by atoms with Gasteiger partial charge in [0.2, 0.25) is 5.91 Å². The monoisotopic (exact) mass is 362 g/mol. The van der Waals surface area contributed by atoms with Gasteiger partial charge < -0.3 is 11.1 Å². The van der Waals surface area contributed by atoms with Crippen molar-refractivity contribution in [1.82, 2.24) is 15.1 Å². The van der Waals surface area contributed by atoms with Crippen LogP contribution < -0.4 is 11.1 Å². The third kappa shape index (κ3) is 4.83. The van der Waals surface area contributed by atoms with Crippen LogP contribution in [-0.4, -0.2) is 21.2 Å². The Hall–Kier alpha value is -1.85. The van der Waals surface area contributed by atoms with Gasteiger partial charge in [-0.2, -0.15) is 5.10 Å². The number of carbonyl (C=O) groups is 1. The average Bonchev–Trinajstić information content (AvgIpc) is 3.06. The van der Waals surface area contributed by atoms with Gasteiger partial charge in [0.1, 0.15) is 0 Å². The second kappa shape index (κ2) is 8.50. The molecule has 5 nitrogen and oxygen atoms in total. The Morgan fingerprint density at radius 3 is 2.76 bits per heavy atom. The maximum Gasteiger partial charge on any atom is 0.225 e. The number of nitrogens with zero attached hydrogens (tertiary/aromatic N) is 2. The lowest BCUT2D eigenvalue weighted by Crippen LogP contribution is -2.52. The maximum absolute atomic E-state index is 12.6. The molecule has 0 saturated heterocycles. The summed E-state index contributed by atoms with van der Waals surface area (Å²) >= 11 is 0. The standard InChI is InChI=1S/C19H26N4O.ClH/c1-19(20)10-5-4-9-17(19)18(24)21-13-15-7-2-3-8-16(15)14-23-12-6-11-22-23;/h2-3,6-8,11-12,17H,4-5,9-10,13-14,20H2,1H3,(H,21,24);1H. The molecule has 6 heteroatoms. The van der Waals surface area contributed by atoms with E-state index >= 15 is 0 Å². The van der Waals surface area contributed by atoms with Crippen LogP contribution in [0, 0.1) is 5.92 Å². The number of nitrogens with two attached hydrogens (primary N) is 1. The van der Waals surface area contributed by atoms with Crippen LogP contribution in [0.5, 0.6) is 0 Å². The number of benzene rings is 1. The molecule has 2 atom stereocenters. The molecule has 1 aliphatic carbocycles. The van der Waals surface area contributed by atoms with E-state index in [4.69, 9.17) is 5.73 Å². The van der Waals surface area contributed by atoms with Gasteiger partial charge in [-0.1, -0.05) is 37.1 Å². The third-order valence-corrected chi connectivity index (χ3v) is 5.03. The molecular formula is C19H27ClN4O. The molecule has 1 heterocycles. The SMILES string of the molecule is CC1(N)CCCCC1C(=O)NCc1ccccc1Cn1cccn1.Cl. The summed E-state index contributed by atoms with van der Waals surface area (Å²) in [6.45, 7) is 3.24. The van der Waals surface area contributed by atoms with Gasteiger partial charge in [-0.25, -0.2) is 0 Å². The van der Waals surface area contributed by atoms with Crippen molar-refractivity contribution >= 4 is 18.3 Å². The fourth-order valence-corrected chi connectivity index (χ4v) is 3.55. The first-order valence-electron chi connectivity index (χ1n) is 8.67. The lowest BCUT2D eigenvalue weighted by molar-refractivity contribution is -0.128. The summed E-state index contributed by atoms with van der Waals surface area (Å²) in [5.74, 6) is -0.0156. The first-order valence-corrected chi connectivity index (χ1v) is 8.67. The Morgan fingerprint density at radius 1 is 1.32 bits per heavy atom. The molecule has 0 aliphatic heterocycles. The summed E-state index contributed by atoms with van der Waals surface area (Å²) in [4.78, 5) is 12.6. The predicted molar refractivity (Wildman–Crippen MR) is 101 cm³/mol. The van der Waals surface area contributed by atoms with Crippen LogP contribution in [0.3, 0.4) is 0 Å². The first-order chi connectivity index (χ1) is 11.6. The Bertz CT molecular complexity index is 684. The van der Waals surface area contributed by atoms with Gasteiger partial charge in [-0.3, -0.25) is 9.48 Å². The molecule has 0 radical (unpaired) electrons. The van der Waals surface area contributed by atoms with Crippen molar-refractivity contribution < 1.29 is 4.79 Å². The van der Waals surface area contributed by atoms with Crippen LogP contribution in [0.1, 0.15) is 43.7 Å². The highest BCUT2D eigenvalue weighted by molar-refractivity contribution is 5.85. The number of aromatic nitrogens is 2. The van der Waals surface area contributed by atoms with Gasteiger partial charge in [0.05, 0.1) is 12.5 Å². The van der Waals surface area contributed by atoms with Crippen LogP contribution in [0.15, 0.2) is 42.7 Å². The van der Waals surface area contributed by atoms with Crippen LogP contribution in [0.25, 0.3) is 0 Å². The number of carbonyl (C=O) groups excluding carboxylic acids is 1. The maximum atomic E-state index is 12.6. The highest BCUT2D eigenvalue weighted by Gasteiger charge is 2.37. The van der Waals surface area contributed by atoms with Crippen molar-refractivity contribution in [3.05, 3.63) is 53.9 Å². The molecule has 1 saturated carbocycles.